The zero-order valence-corrected chi connectivity index (χ0v) is 14.0. The van der Waals surface area contributed by atoms with Crippen LogP contribution in [0.1, 0.15) is 49.2 Å². The second kappa shape index (κ2) is 6.32. The van der Waals surface area contributed by atoms with Crippen molar-refractivity contribution in [2.24, 2.45) is 0 Å². The first-order chi connectivity index (χ1) is 10.7. The number of anilines is 1. The van der Waals surface area contributed by atoms with Crippen molar-refractivity contribution < 1.29 is 14.6 Å². The molecule has 0 amide bonds. The van der Waals surface area contributed by atoms with Crippen molar-refractivity contribution in [3.05, 3.63) is 53.1 Å². The van der Waals surface area contributed by atoms with E-state index < -0.39 is 0 Å². The molecule has 4 nitrogen and oxygen atoms in total. The number of phenolic OH excluding ortho intramolecular Hbond substituents is 1. The number of aromatic hydroxyl groups is 1. The number of carbonyl (C=O) groups excluding carboxylic acids is 1. The molecule has 2 aromatic carbocycles. The molecule has 4 heteroatoms. The van der Waals surface area contributed by atoms with Crippen LogP contribution in [0, 0.1) is 0 Å². The summed E-state index contributed by atoms with van der Waals surface area (Å²) in [6.45, 7) is 8.56. The maximum absolute atomic E-state index is 12.7. The van der Waals surface area contributed by atoms with E-state index in [1.807, 2.05) is 27.7 Å². The van der Waals surface area contributed by atoms with E-state index in [1.54, 1.807) is 36.4 Å². The second-order valence-corrected chi connectivity index (χ2v) is 6.50. The van der Waals surface area contributed by atoms with Crippen molar-refractivity contribution in [2.45, 2.75) is 33.1 Å². The molecule has 0 bridgehead atoms. The third-order valence-corrected chi connectivity index (χ3v) is 3.68. The average molecular weight is 313 g/mol. The minimum absolute atomic E-state index is 0.170. The van der Waals surface area contributed by atoms with Crippen LogP contribution in [0.25, 0.3) is 0 Å². The standard InChI is InChI=1S/C19H23NO3/c1-5-23-14-8-6-12(7-9-14)17(21)15-10-13(19(2,3)4)11-16(20)18(15)22/h6-11,22H,5,20H2,1-4H3. The van der Waals surface area contributed by atoms with E-state index in [4.69, 9.17) is 10.5 Å². The molecule has 0 spiro atoms. The fraction of sp³-hybridized carbons (Fsp3) is 0.316. The number of ether oxygens (including phenoxy) is 1. The Kier molecular flexibility index (Phi) is 4.64. The van der Waals surface area contributed by atoms with Gasteiger partial charge in [-0.15, -0.1) is 0 Å². The van der Waals surface area contributed by atoms with Crippen molar-refractivity contribution in [2.75, 3.05) is 12.3 Å². The molecule has 122 valence electrons. The molecule has 2 rings (SSSR count). The summed E-state index contributed by atoms with van der Waals surface area (Å²) < 4.78 is 5.37. The van der Waals surface area contributed by atoms with Crippen LogP contribution < -0.4 is 10.5 Å². The molecule has 0 aliphatic rings. The fourth-order valence-electron chi connectivity index (χ4n) is 2.29. The zero-order chi connectivity index (χ0) is 17.2. The highest BCUT2D eigenvalue weighted by Crippen LogP contribution is 2.34. The predicted molar refractivity (Wildman–Crippen MR) is 92.3 cm³/mol. The lowest BCUT2D eigenvalue weighted by molar-refractivity contribution is 0.103. The molecule has 3 N–H and O–H groups in total. The van der Waals surface area contributed by atoms with Crippen LogP contribution in [0.5, 0.6) is 11.5 Å². The monoisotopic (exact) mass is 313 g/mol. The summed E-state index contributed by atoms with van der Waals surface area (Å²) >= 11 is 0. The van der Waals surface area contributed by atoms with Crippen LogP contribution in [0.3, 0.4) is 0 Å². The summed E-state index contributed by atoms with van der Waals surface area (Å²) in [5.74, 6) is 0.275. The van der Waals surface area contributed by atoms with Crippen LogP contribution in [0.2, 0.25) is 0 Å². The Morgan fingerprint density at radius 2 is 1.78 bits per heavy atom. The van der Waals surface area contributed by atoms with Gasteiger partial charge in [0.2, 0.25) is 0 Å². The maximum atomic E-state index is 12.7. The number of nitrogen functional groups attached to an aromatic ring is 1. The van der Waals surface area contributed by atoms with E-state index in [0.29, 0.717) is 17.9 Å². The van der Waals surface area contributed by atoms with Crippen molar-refractivity contribution in [3.8, 4) is 11.5 Å². The van der Waals surface area contributed by atoms with Crippen molar-refractivity contribution in [1.82, 2.24) is 0 Å². The van der Waals surface area contributed by atoms with E-state index in [-0.39, 0.29) is 28.2 Å². The highest BCUT2D eigenvalue weighted by atomic mass is 16.5. The number of phenols is 1. The molecule has 0 fully saturated rings. The smallest absolute Gasteiger partial charge is 0.196 e. The third kappa shape index (κ3) is 3.65. The third-order valence-electron chi connectivity index (χ3n) is 3.68. The number of benzene rings is 2. The summed E-state index contributed by atoms with van der Waals surface area (Å²) in [4.78, 5) is 12.7. The van der Waals surface area contributed by atoms with Gasteiger partial charge in [0.15, 0.2) is 5.78 Å². The molecule has 0 atom stereocenters. The van der Waals surface area contributed by atoms with Gasteiger partial charge in [0.1, 0.15) is 11.5 Å². The van der Waals surface area contributed by atoms with E-state index in [9.17, 15) is 9.90 Å². The molecular formula is C19H23NO3. The summed E-state index contributed by atoms with van der Waals surface area (Å²) in [6.07, 6.45) is 0. The number of hydrogen-bond donors (Lipinski definition) is 2. The fourth-order valence-corrected chi connectivity index (χ4v) is 2.29. The Bertz CT molecular complexity index is 713. The molecule has 0 unspecified atom stereocenters. The van der Waals surface area contributed by atoms with Gasteiger partial charge in [-0.05, 0) is 54.3 Å². The molecule has 0 saturated carbocycles. The van der Waals surface area contributed by atoms with Crippen LogP contribution in [0.15, 0.2) is 36.4 Å². The lowest BCUT2D eigenvalue weighted by Gasteiger charge is -2.21. The van der Waals surface area contributed by atoms with Crippen molar-refractivity contribution >= 4 is 11.5 Å². The molecule has 0 aromatic heterocycles. The first kappa shape index (κ1) is 16.9. The van der Waals surface area contributed by atoms with Gasteiger partial charge in [-0.3, -0.25) is 4.79 Å². The lowest BCUT2D eigenvalue weighted by atomic mass is 9.84. The van der Waals surface area contributed by atoms with Crippen molar-refractivity contribution in [3.63, 3.8) is 0 Å². The quantitative estimate of drug-likeness (QED) is 0.510. The van der Waals surface area contributed by atoms with Gasteiger partial charge in [0.05, 0.1) is 17.9 Å². The zero-order valence-electron chi connectivity index (χ0n) is 14.0. The minimum atomic E-state index is -0.261. The van der Waals surface area contributed by atoms with E-state index >= 15 is 0 Å². The first-order valence-corrected chi connectivity index (χ1v) is 7.64. The Morgan fingerprint density at radius 1 is 1.17 bits per heavy atom. The predicted octanol–water partition coefficient (Wildman–Crippen LogP) is 3.90. The summed E-state index contributed by atoms with van der Waals surface area (Å²) in [7, 11) is 0. The molecular weight excluding hydrogens is 290 g/mol. The molecule has 0 saturated heterocycles. The largest absolute Gasteiger partial charge is 0.505 e. The highest BCUT2D eigenvalue weighted by molar-refractivity contribution is 6.11. The Morgan fingerprint density at radius 3 is 2.30 bits per heavy atom. The van der Waals surface area contributed by atoms with Crippen LogP contribution >= 0.6 is 0 Å². The Labute approximate surface area is 136 Å². The SMILES string of the molecule is CCOc1ccc(C(=O)c2cc(C(C)(C)C)cc(N)c2O)cc1. The van der Waals surface area contributed by atoms with E-state index in [1.165, 1.54) is 0 Å². The summed E-state index contributed by atoms with van der Waals surface area (Å²) in [6, 6.07) is 10.3. The number of rotatable bonds is 4. The van der Waals surface area contributed by atoms with Gasteiger partial charge in [0.25, 0.3) is 0 Å². The molecule has 0 aliphatic carbocycles. The van der Waals surface area contributed by atoms with Gasteiger partial charge >= 0.3 is 0 Å². The first-order valence-electron chi connectivity index (χ1n) is 7.64. The van der Waals surface area contributed by atoms with Gasteiger partial charge in [-0.1, -0.05) is 20.8 Å². The maximum Gasteiger partial charge on any atom is 0.196 e. The van der Waals surface area contributed by atoms with Crippen LogP contribution in [-0.4, -0.2) is 17.5 Å². The van der Waals surface area contributed by atoms with E-state index in [2.05, 4.69) is 0 Å². The molecule has 23 heavy (non-hydrogen) atoms. The lowest BCUT2D eigenvalue weighted by Crippen LogP contribution is -2.14. The van der Waals surface area contributed by atoms with Gasteiger partial charge < -0.3 is 15.6 Å². The second-order valence-electron chi connectivity index (χ2n) is 6.50. The number of hydrogen-bond acceptors (Lipinski definition) is 4. The topological polar surface area (TPSA) is 72.5 Å². The Hall–Kier alpha value is -2.49. The minimum Gasteiger partial charge on any atom is -0.505 e. The highest BCUT2D eigenvalue weighted by Gasteiger charge is 2.21. The summed E-state index contributed by atoms with van der Waals surface area (Å²) in [5, 5.41) is 10.2. The van der Waals surface area contributed by atoms with Gasteiger partial charge in [0, 0.05) is 5.56 Å². The number of carbonyl (C=O) groups is 1. The van der Waals surface area contributed by atoms with Gasteiger partial charge in [-0.25, -0.2) is 0 Å². The molecule has 0 heterocycles. The number of ketones is 1. The van der Waals surface area contributed by atoms with E-state index in [0.717, 1.165) is 5.56 Å². The average Bonchev–Trinajstić information content (AvgIpc) is 2.49. The van der Waals surface area contributed by atoms with Gasteiger partial charge in [-0.2, -0.15) is 0 Å². The van der Waals surface area contributed by atoms with Crippen LogP contribution in [-0.2, 0) is 5.41 Å². The van der Waals surface area contributed by atoms with Crippen molar-refractivity contribution in [1.29, 1.82) is 0 Å². The normalized spacial score (nSPS) is 11.3. The molecule has 2 aromatic rings. The summed E-state index contributed by atoms with van der Waals surface area (Å²) in [5.41, 5.74) is 7.53. The molecule has 0 aliphatic heterocycles. The number of nitrogens with two attached hydrogens (primary N) is 1. The van der Waals surface area contributed by atoms with Crippen LogP contribution in [0.4, 0.5) is 5.69 Å². The Balaban J connectivity index is 2.44. The molecule has 0 radical (unpaired) electrons.